The van der Waals surface area contributed by atoms with Gasteiger partial charge in [0.25, 0.3) is 5.91 Å². The van der Waals surface area contributed by atoms with Crippen molar-refractivity contribution in [3.05, 3.63) is 35.9 Å². The van der Waals surface area contributed by atoms with E-state index in [2.05, 4.69) is 15.1 Å². The first-order valence-corrected chi connectivity index (χ1v) is 4.63. The monoisotopic (exact) mass is 257 g/mol. The average Bonchev–Trinajstić information content (AvgIpc) is 2.74. The minimum absolute atomic E-state index is 0.0875. The Morgan fingerprint density at radius 3 is 2.33 bits per heavy atom. The molecule has 0 saturated carbocycles. The van der Waals surface area contributed by atoms with Gasteiger partial charge in [0.2, 0.25) is 5.95 Å². The molecule has 9 heteroatoms. The number of hydrogen-bond acceptors (Lipinski definition) is 4. The highest BCUT2D eigenvalue weighted by Crippen LogP contribution is 2.30. The summed E-state index contributed by atoms with van der Waals surface area (Å²) in [6.07, 6.45) is -1.26. The molecule has 0 radical (unpaired) electrons. The summed E-state index contributed by atoms with van der Waals surface area (Å²) >= 11 is 0. The Morgan fingerprint density at radius 2 is 1.89 bits per heavy atom. The normalized spacial score (nSPS) is 11.5. The first-order chi connectivity index (χ1) is 8.39. The molecule has 6 nitrogen and oxygen atoms in total. The van der Waals surface area contributed by atoms with Crippen molar-refractivity contribution in [3.63, 3.8) is 0 Å². The van der Waals surface area contributed by atoms with E-state index in [0.29, 0.717) is 0 Å². The number of aromatic nitrogens is 4. The highest BCUT2D eigenvalue weighted by molar-refractivity contribution is 5.93. The molecule has 1 amide bonds. The lowest BCUT2D eigenvalue weighted by atomic mass is 10.2. The molecule has 0 aliphatic rings. The molecule has 0 aromatic carbocycles. The number of carbonyl (C=O) groups is 1. The van der Waals surface area contributed by atoms with Gasteiger partial charge in [0, 0.05) is 18.6 Å². The van der Waals surface area contributed by atoms with Crippen molar-refractivity contribution in [1.82, 2.24) is 19.7 Å². The van der Waals surface area contributed by atoms with Gasteiger partial charge in [-0.2, -0.15) is 18.3 Å². The molecule has 2 aromatic heterocycles. The molecule has 0 aliphatic carbocycles. The molecule has 0 saturated heterocycles. The van der Waals surface area contributed by atoms with Crippen LogP contribution in [0.15, 0.2) is 24.7 Å². The minimum atomic E-state index is -4.77. The molecule has 0 atom stereocenters. The minimum Gasteiger partial charge on any atom is -0.365 e. The van der Waals surface area contributed by atoms with Crippen LogP contribution in [-0.4, -0.2) is 25.7 Å². The van der Waals surface area contributed by atoms with Gasteiger partial charge in [-0.05, 0) is 6.07 Å². The molecule has 2 rings (SSSR count). The van der Waals surface area contributed by atoms with Crippen LogP contribution in [0.2, 0.25) is 0 Å². The van der Waals surface area contributed by atoms with Gasteiger partial charge in [0.15, 0.2) is 5.69 Å². The summed E-state index contributed by atoms with van der Waals surface area (Å²) in [4.78, 5) is 18.4. The molecule has 0 aliphatic heterocycles. The van der Waals surface area contributed by atoms with Crippen LogP contribution in [0.4, 0.5) is 13.2 Å². The molecular weight excluding hydrogens is 251 g/mol. The smallest absolute Gasteiger partial charge is 0.365 e. The summed E-state index contributed by atoms with van der Waals surface area (Å²) < 4.78 is 38.6. The number of hydrogen-bond donors (Lipinski definition) is 1. The zero-order chi connectivity index (χ0) is 13.3. The number of nitrogens with zero attached hydrogens (tertiary/aromatic N) is 4. The molecular formula is C9H6F3N5O. The second-order valence-corrected chi connectivity index (χ2v) is 3.25. The summed E-state index contributed by atoms with van der Waals surface area (Å²) in [5, 5.41) is 3.24. The van der Waals surface area contributed by atoms with Gasteiger partial charge in [-0.3, -0.25) is 4.79 Å². The number of alkyl halides is 3. The van der Waals surface area contributed by atoms with Crippen LogP contribution in [0.5, 0.6) is 0 Å². The standard InChI is InChI=1S/C9H6F3N5O/c10-9(11,12)6-5(7(13)18)4-17(16-6)8-14-2-1-3-15-8/h1-4H,(H2,13,18). The van der Waals surface area contributed by atoms with Crippen molar-refractivity contribution in [3.8, 4) is 5.95 Å². The number of primary amides is 1. The average molecular weight is 257 g/mol. The quantitative estimate of drug-likeness (QED) is 0.861. The van der Waals surface area contributed by atoms with E-state index in [1.54, 1.807) is 0 Å². The van der Waals surface area contributed by atoms with Gasteiger partial charge in [-0.15, -0.1) is 0 Å². The molecule has 18 heavy (non-hydrogen) atoms. The van der Waals surface area contributed by atoms with Gasteiger partial charge in [-0.25, -0.2) is 14.6 Å². The van der Waals surface area contributed by atoms with E-state index < -0.39 is 23.3 Å². The van der Waals surface area contributed by atoms with Gasteiger partial charge < -0.3 is 5.73 Å². The number of amides is 1. The van der Waals surface area contributed by atoms with Gasteiger partial charge >= 0.3 is 6.18 Å². The maximum absolute atomic E-state index is 12.6. The second kappa shape index (κ2) is 4.09. The van der Waals surface area contributed by atoms with Crippen LogP contribution in [-0.2, 0) is 6.18 Å². The third-order valence-corrected chi connectivity index (χ3v) is 2.01. The first-order valence-electron chi connectivity index (χ1n) is 4.63. The fourth-order valence-electron chi connectivity index (χ4n) is 1.28. The third-order valence-electron chi connectivity index (χ3n) is 2.01. The molecule has 2 aromatic rings. The first kappa shape index (κ1) is 12.0. The van der Waals surface area contributed by atoms with E-state index in [9.17, 15) is 18.0 Å². The molecule has 0 unspecified atom stereocenters. The van der Waals surface area contributed by atoms with Crippen molar-refractivity contribution in [1.29, 1.82) is 0 Å². The molecule has 0 fully saturated rings. The van der Waals surface area contributed by atoms with Crippen LogP contribution in [0.1, 0.15) is 16.1 Å². The fraction of sp³-hybridized carbons (Fsp3) is 0.111. The van der Waals surface area contributed by atoms with Crippen molar-refractivity contribution in [2.75, 3.05) is 0 Å². The lowest BCUT2D eigenvalue weighted by Crippen LogP contribution is -2.17. The highest BCUT2D eigenvalue weighted by Gasteiger charge is 2.39. The summed E-state index contributed by atoms with van der Waals surface area (Å²) in [6, 6.07) is 1.49. The van der Waals surface area contributed by atoms with E-state index in [0.717, 1.165) is 10.9 Å². The lowest BCUT2D eigenvalue weighted by molar-refractivity contribution is -0.141. The number of rotatable bonds is 2. The zero-order valence-corrected chi connectivity index (χ0v) is 8.72. The van der Waals surface area contributed by atoms with Crippen LogP contribution < -0.4 is 5.73 Å². The molecule has 2 heterocycles. The fourth-order valence-corrected chi connectivity index (χ4v) is 1.28. The highest BCUT2D eigenvalue weighted by atomic mass is 19.4. The third kappa shape index (κ3) is 2.14. The number of nitrogens with two attached hydrogens (primary N) is 1. The Bertz CT molecular complexity index is 578. The topological polar surface area (TPSA) is 86.7 Å². The SMILES string of the molecule is NC(=O)c1cn(-c2ncccn2)nc1C(F)(F)F. The van der Waals surface area contributed by atoms with E-state index >= 15 is 0 Å². The molecule has 0 spiro atoms. The van der Waals surface area contributed by atoms with Crippen molar-refractivity contribution >= 4 is 5.91 Å². The zero-order valence-electron chi connectivity index (χ0n) is 8.72. The Hall–Kier alpha value is -2.45. The summed E-state index contributed by atoms with van der Waals surface area (Å²) in [5.74, 6) is -1.31. The van der Waals surface area contributed by atoms with Crippen molar-refractivity contribution in [2.45, 2.75) is 6.18 Å². The Kier molecular flexibility index (Phi) is 2.73. The summed E-state index contributed by atoms with van der Waals surface area (Å²) in [5.41, 5.74) is 2.78. The summed E-state index contributed by atoms with van der Waals surface area (Å²) in [7, 11) is 0. The van der Waals surface area contributed by atoms with Gasteiger partial charge in [-0.1, -0.05) is 0 Å². The van der Waals surface area contributed by atoms with Crippen LogP contribution in [0.3, 0.4) is 0 Å². The number of carbonyl (C=O) groups excluding carboxylic acids is 1. The molecule has 2 N–H and O–H groups in total. The van der Waals surface area contributed by atoms with E-state index in [-0.39, 0.29) is 5.95 Å². The molecule has 94 valence electrons. The van der Waals surface area contributed by atoms with E-state index in [1.807, 2.05) is 0 Å². The largest absolute Gasteiger partial charge is 0.435 e. The van der Waals surface area contributed by atoms with Crippen molar-refractivity contribution in [2.24, 2.45) is 5.73 Å². The van der Waals surface area contributed by atoms with Crippen LogP contribution >= 0.6 is 0 Å². The van der Waals surface area contributed by atoms with Crippen LogP contribution in [0, 0.1) is 0 Å². The lowest BCUT2D eigenvalue weighted by Gasteiger charge is -2.02. The van der Waals surface area contributed by atoms with Gasteiger partial charge in [0.1, 0.15) is 0 Å². The second-order valence-electron chi connectivity index (χ2n) is 3.25. The van der Waals surface area contributed by atoms with Crippen molar-refractivity contribution < 1.29 is 18.0 Å². The summed E-state index contributed by atoms with van der Waals surface area (Å²) in [6.45, 7) is 0. The van der Waals surface area contributed by atoms with E-state index in [4.69, 9.17) is 5.73 Å². The predicted octanol–water partition coefficient (Wildman–Crippen LogP) is 0.780. The number of halogens is 3. The Labute approximate surface area is 98.3 Å². The van der Waals surface area contributed by atoms with E-state index in [1.165, 1.54) is 18.5 Å². The Morgan fingerprint density at radius 1 is 1.28 bits per heavy atom. The predicted molar refractivity (Wildman–Crippen MR) is 52.7 cm³/mol. The maximum atomic E-state index is 12.6. The van der Waals surface area contributed by atoms with Crippen LogP contribution in [0.25, 0.3) is 5.95 Å². The maximum Gasteiger partial charge on any atom is 0.435 e. The Balaban J connectivity index is 2.57. The molecule has 0 bridgehead atoms. The van der Waals surface area contributed by atoms with Gasteiger partial charge in [0.05, 0.1) is 5.56 Å².